The van der Waals surface area contributed by atoms with Crippen LogP contribution < -0.4 is 10.1 Å². The van der Waals surface area contributed by atoms with Crippen LogP contribution in [0.3, 0.4) is 0 Å². The summed E-state index contributed by atoms with van der Waals surface area (Å²) in [5.41, 5.74) is 2.31. The van der Waals surface area contributed by atoms with Crippen LogP contribution in [0.1, 0.15) is 22.8 Å². The van der Waals surface area contributed by atoms with Gasteiger partial charge >= 0.3 is 5.97 Å². The number of ether oxygens (including phenoxy) is 1. The van der Waals surface area contributed by atoms with E-state index in [1.54, 1.807) is 22.7 Å². The van der Waals surface area contributed by atoms with Crippen molar-refractivity contribution in [1.82, 2.24) is 14.4 Å². The van der Waals surface area contributed by atoms with Crippen LogP contribution in [-0.2, 0) is 6.42 Å². The zero-order valence-corrected chi connectivity index (χ0v) is 17.9. The quantitative estimate of drug-likeness (QED) is 0.415. The summed E-state index contributed by atoms with van der Waals surface area (Å²) in [7, 11) is 1.27. The molecule has 166 valence electrons. The lowest BCUT2D eigenvalue weighted by Crippen LogP contribution is -2.04. The molecule has 2 aromatic heterocycles. The molecule has 2 aromatic carbocycles. The van der Waals surface area contributed by atoms with Gasteiger partial charge in [0.05, 0.1) is 24.6 Å². The fourth-order valence-electron chi connectivity index (χ4n) is 3.40. The number of rotatable bonds is 6. The fourth-order valence-corrected chi connectivity index (χ4v) is 3.40. The van der Waals surface area contributed by atoms with Crippen molar-refractivity contribution >= 4 is 35.5 Å². The van der Waals surface area contributed by atoms with E-state index in [4.69, 9.17) is 4.74 Å². The number of methoxy groups -OCH3 is 1. The highest BCUT2D eigenvalue weighted by atomic mass is 35.5. The number of anilines is 2. The fraction of sp³-hybridized carbons (Fsp3) is 0.136. The maximum atomic E-state index is 14.6. The molecule has 0 saturated heterocycles. The number of carboxylic acid groups (broad SMARTS) is 1. The van der Waals surface area contributed by atoms with Crippen LogP contribution in [0.15, 0.2) is 48.9 Å². The smallest absolute Gasteiger partial charge is 0.335 e. The molecule has 0 aliphatic rings. The second kappa shape index (κ2) is 9.19. The number of benzene rings is 2. The molecule has 2 heterocycles. The molecular weight excluding hydrogens is 442 g/mol. The van der Waals surface area contributed by atoms with Gasteiger partial charge in [0, 0.05) is 23.6 Å². The molecule has 0 bridgehead atoms. The van der Waals surface area contributed by atoms with Crippen molar-refractivity contribution in [2.24, 2.45) is 0 Å². The number of carboxylic acids is 1. The van der Waals surface area contributed by atoms with Gasteiger partial charge in [0.25, 0.3) is 0 Å². The molecule has 0 atom stereocenters. The van der Waals surface area contributed by atoms with Gasteiger partial charge in [0.1, 0.15) is 0 Å². The first-order valence-corrected chi connectivity index (χ1v) is 9.42. The second-order valence-corrected chi connectivity index (χ2v) is 6.71. The number of nitrogens with one attached hydrogen (secondary N) is 1. The number of imidazole rings is 1. The van der Waals surface area contributed by atoms with E-state index in [2.05, 4.69) is 15.3 Å². The van der Waals surface area contributed by atoms with Crippen molar-refractivity contribution in [3.8, 4) is 17.0 Å². The molecular formula is C22H19ClF2N4O3. The Balaban J connectivity index is 0.00000289. The minimum absolute atomic E-state index is 0. The summed E-state index contributed by atoms with van der Waals surface area (Å²) >= 11 is 0. The van der Waals surface area contributed by atoms with Crippen molar-refractivity contribution in [2.75, 3.05) is 12.4 Å². The lowest BCUT2D eigenvalue weighted by molar-refractivity contribution is 0.0695. The summed E-state index contributed by atoms with van der Waals surface area (Å²) in [4.78, 5) is 20.0. The molecule has 0 aliphatic carbocycles. The van der Waals surface area contributed by atoms with Gasteiger partial charge in [-0.25, -0.2) is 19.2 Å². The molecule has 4 rings (SSSR count). The topological polar surface area (TPSA) is 88.8 Å². The zero-order valence-electron chi connectivity index (χ0n) is 17.1. The van der Waals surface area contributed by atoms with Crippen LogP contribution in [0, 0.1) is 11.6 Å². The molecule has 2 N–H and O–H groups in total. The Morgan fingerprint density at radius 2 is 1.97 bits per heavy atom. The van der Waals surface area contributed by atoms with E-state index in [1.807, 2.05) is 6.92 Å². The standard InChI is InChI=1S/C22H18F2N4O3.ClH/c1-3-12-10-13(4-5-14(12)22(29)30)27-20-21-26-11-16(28(21)9-8-25-20)15-6-7-17(31-2)19(24)18(15)23;/h4-11H,3H2,1-2H3,(H,25,27)(H,29,30);1H. The Hall–Kier alpha value is -3.72. The van der Waals surface area contributed by atoms with Crippen molar-refractivity contribution in [3.63, 3.8) is 0 Å². The largest absolute Gasteiger partial charge is 0.494 e. The van der Waals surface area contributed by atoms with Gasteiger partial charge in [-0.15, -0.1) is 12.4 Å². The normalized spacial score (nSPS) is 10.6. The molecule has 0 radical (unpaired) electrons. The SMILES string of the molecule is CCc1cc(Nc2nccn3c(-c4ccc(OC)c(F)c4F)cnc23)ccc1C(=O)O.Cl. The second-order valence-electron chi connectivity index (χ2n) is 6.71. The summed E-state index contributed by atoms with van der Waals surface area (Å²) in [5.74, 6) is -2.91. The van der Waals surface area contributed by atoms with Crippen molar-refractivity contribution in [1.29, 1.82) is 0 Å². The molecule has 10 heteroatoms. The van der Waals surface area contributed by atoms with Crippen LogP contribution in [-0.4, -0.2) is 32.6 Å². The average molecular weight is 461 g/mol. The molecule has 32 heavy (non-hydrogen) atoms. The van der Waals surface area contributed by atoms with Crippen LogP contribution in [0.25, 0.3) is 16.9 Å². The molecule has 0 saturated carbocycles. The zero-order chi connectivity index (χ0) is 22.1. The highest BCUT2D eigenvalue weighted by Gasteiger charge is 2.19. The van der Waals surface area contributed by atoms with E-state index in [-0.39, 0.29) is 29.3 Å². The molecule has 0 amide bonds. The number of hydrogen-bond donors (Lipinski definition) is 2. The molecule has 0 aliphatic heterocycles. The first kappa shape index (κ1) is 23.0. The summed E-state index contributed by atoms with van der Waals surface area (Å²) in [6, 6.07) is 7.67. The van der Waals surface area contributed by atoms with E-state index < -0.39 is 17.6 Å². The summed E-state index contributed by atoms with van der Waals surface area (Å²) in [6.07, 6.45) is 5.07. The Morgan fingerprint density at radius 1 is 1.19 bits per heavy atom. The first-order chi connectivity index (χ1) is 14.9. The number of aromatic nitrogens is 3. The molecule has 0 spiro atoms. The maximum absolute atomic E-state index is 14.6. The van der Waals surface area contributed by atoms with E-state index in [9.17, 15) is 18.7 Å². The van der Waals surface area contributed by atoms with E-state index in [0.29, 0.717) is 34.8 Å². The monoisotopic (exact) mass is 460 g/mol. The van der Waals surface area contributed by atoms with Crippen LogP contribution in [0.4, 0.5) is 20.3 Å². The third-order valence-electron chi connectivity index (χ3n) is 4.95. The van der Waals surface area contributed by atoms with Gasteiger partial charge in [0.2, 0.25) is 5.82 Å². The van der Waals surface area contributed by atoms with Gasteiger partial charge in [-0.1, -0.05) is 6.92 Å². The molecule has 0 fully saturated rings. The third kappa shape index (κ3) is 3.94. The molecule has 0 unspecified atom stereocenters. The maximum Gasteiger partial charge on any atom is 0.335 e. The first-order valence-electron chi connectivity index (χ1n) is 9.42. The number of nitrogens with zero attached hydrogens (tertiary/aromatic N) is 3. The molecule has 4 aromatic rings. The number of aryl methyl sites for hydroxylation is 1. The highest BCUT2D eigenvalue weighted by Crippen LogP contribution is 2.31. The van der Waals surface area contributed by atoms with Gasteiger partial charge < -0.3 is 15.2 Å². The Kier molecular flexibility index (Phi) is 6.59. The predicted octanol–water partition coefficient (Wildman–Crippen LogP) is 5.11. The van der Waals surface area contributed by atoms with E-state index in [0.717, 1.165) is 0 Å². The van der Waals surface area contributed by atoms with E-state index >= 15 is 0 Å². The average Bonchev–Trinajstić information content (AvgIpc) is 3.20. The Bertz CT molecular complexity index is 1310. The van der Waals surface area contributed by atoms with Gasteiger partial charge in [-0.3, -0.25) is 4.40 Å². The lowest BCUT2D eigenvalue weighted by atomic mass is 10.0. The minimum atomic E-state index is -1.08. The van der Waals surface area contributed by atoms with E-state index in [1.165, 1.54) is 37.7 Å². The number of carbonyl (C=O) groups is 1. The van der Waals surface area contributed by atoms with Crippen molar-refractivity contribution in [3.05, 3.63) is 71.7 Å². The highest BCUT2D eigenvalue weighted by molar-refractivity contribution is 5.90. The summed E-state index contributed by atoms with van der Waals surface area (Å²) in [6.45, 7) is 1.87. The number of halogens is 3. The van der Waals surface area contributed by atoms with Gasteiger partial charge in [-0.05, 0) is 42.3 Å². The van der Waals surface area contributed by atoms with Crippen LogP contribution in [0.5, 0.6) is 5.75 Å². The number of fused-ring (bicyclic) bond motifs is 1. The van der Waals surface area contributed by atoms with Crippen LogP contribution >= 0.6 is 12.4 Å². The minimum Gasteiger partial charge on any atom is -0.494 e. The number of hydrogen-bond acceptors (Lipinski definition) is 5. The molecule has 7 nitrogen and oxygen atoms in total. The lowest BCUT2D eigenvalue weighted by Gasteiger charge is -2.11. The summed E-state index contributed by atoms with van der Waals surface area (Å²) < 4.78 is 35.2. The number of aromatic carboxylic acids is 1. The third-order valence-corrected chi connectivity index (χ3v) is 4.95. The van der Waals surface area contributed by atoms with Gasteiger partial charge in [-0.2, -0.15) is 4.39 Å². The Labute approximate surface area is 188 Å². The Morgan fingerprint density at radius 3 is 2.66 bits per heavy atom. The van der Waals surface area contributed by atoms with Crippen molar-refractivity contribution < 1.29 is 23.4 Å². The van der Waals surface area contributed by atoms with Crippen molar-refractivity contribution in [2.45, 2.75) is 13.3 Å². The van der Waals surface area contributed by atoms with Crippen LogP contribution in [0.2, 0.25) is 0 Å². The predicted molar refractivity (Wildman–Crippen MR) is 118 cm³/mol. The van der Waals surface area contributed by atoms with Gasteiger partial charge in [0.15, 0.2) is 23.0 Å². The summed E-state index contributed by atoms with van der Waals surface area (Å²) in [5, 5.41) is 12.4.